The molecule has 1 aliphatic rings. The Morgan fingerprint density at radius 2 is 1.79 bits per heavy atom. The Labute approximate surface area is 227 Å². The summed E-state index contributed by atoms with van der Waals surface area (Å²) in [7, 11) is 6.03. The summed E-state index contributed by atoms with van der Waals surface area (Å²) in [5.41, 5.74) is 3.26. The molecule has 0 atom stereocenters. The van der Waals surface area contributed by atoms with Crippen LogP contribution in [-0.4, -0.2) is 94.5 Å². The number of rotatable bonds is 8. The molecule has 4 aromatic heterocycles. The van der Waals surface area contributed by atoms with E-state index in [2.05, 4.69) is 47.4 Å². The van der Waals surface area contributed by atoms with Gasteiger partial charge in [0.15, 0.2) is 0 Å². The molecular weight excluding hydrogens is 492 g/mol. The Balaban J connectivity index is 1.34. The van der Waals surface area contributed by atoms with Crippen molar-refractivity contribution in [3.05, 3.63) is 67.3 Å². The highest BCUT2D eigenvalue weighted by molar-refractivity contribution is 6.00. The summed E-state index contributed by atoms with van der Waals surface area (Å²) in [6.07, 6.45) is 10.2. The number of piperazine rings is 1. The molecule has 11 nitrogen and oxygen atoms in total. The lowest BCUT2D eigenvalue weighted by atomic mass is 10.1. The Morgan fingerprint density at radius 3 is 2.56 bits per heavy atom. The number of nitrogens with zero attached hydrogens (tertiary/aromatic N) is 8. The molecule has 0 radical (unpaired) electrons. The number of fused-ring (bicyclic) bond motifs is 1. The third-order valence-electron chi connectivity index (χ3n) is 6.34. The Kier molecular flexibility index (Phi) is 7.99. The van der Waals surface area contributed by atoms with Gasteiger partial charge in [-0.05, 0) is 51.5 Å². The van der Waals surface area contributed by atoms with E-state index < -0.39 is 0 Å². The molecule has 200 valence electrons. The van der Waals surface area contributed by atoms with Crippen molar-refractivity contribution in [2.45, 2.75) is 0 Å². The van der Waals surface area contributed by atoms with Crippen molar-refractivity contribution in [3.63, 3.8) is 0 Å². The van der Waals surface area contributed by atoms with Gasteiger partial charge in [-0.2, -0.15) is 0 Å². The van der Waals surface area contributed by atoms with E-state index in [4.69, 9.17) is 4.98 Å². The number of likely N-dealkylation sites (N-methyl/N-ethyl adjacent to an activating group) is 2. The molecule has 0 spiro atoms. The predicted octanol–water partition coefficient (Wildman–Crippen LogP) is 3.03. The topological polar surface area (TPSA) is 115 Å². The molecule has 1 fully saturated rings. The van der Waals surface area contributed by atoms with Crippen LogP contribution in [0.4, 0.5) is 23.1 Å². The van der Waals surface area contributed by atoms with Crippen molar-refractivity contribution in [1.29, 1.82) is 0 Å². The average molecular weight is 525 g/mol. The van der Waals surface area contributed by atoms with E-state index in [-0.39, 0.29) is 5.91 Å². The van der Waals surface area contributed by atoms with E-state index in [1.54, 1.807) is 36.9 Å². The fraction of sp³-hybridized carbons (Fsp3) is 0.286. The molecule has 1 aliphatic heterocycles. The van der Waals surface area contributed by atoms with Crippen LogP contribution in [0.2, 0.25) is 0 Å². The maximum Gasteiger partial charge on any atom is 0.248 e. The third kappa shape index (κ3) is 6.70. The van der Waals surface area contributed by atoms with Crippen molar-refractivity contribution in [2.24, 2.45) is 0 Å². The van der Waals surface area contributed by atoms with Gasteiger partial charge >= 0.3 is 0 Å². The minimum absolute atomic E-state index is 0.207. The Bertz CT molecular complexity index is 1460. The minimum atomic E-state index is -0.207. The second kappa shape index (κ2) is 11.9. The van der Waals surface area contributed by atoms with Crippen LogP contribution in [0.15, 0.2) is 67.3 Å². The van der Waals surface area contributed by atoms with Crippen LogP contribution in [-0.2, 0) is 4.79 Å². The summed E-state index contributed by atoms with van der Waals surface area (Å²) in [5.74, 6) is 1.19. The first-order valence-electron chi connectivity index (χ1n) is 12.8. The zero-order valence-corrected chi connectivity index (χ0v) is 22.4. The second-order valence-corrected chi connectivity index (χ2v) is 9.70. The number of hydrogen-bond donors (Lipinski definition) is 2. The highest BCUT2D eigenvalue weighted by Crippen LogP contribution is 2.26. The lowest BCUT2D eigenvalue weighted by Gasteiger charge is -2.33. The largest absolute Gasteiger partial charge is 0.354 e. The van der Waals surface area contributed by atoms with Crippen LogP contribution in [0.25, 0.3) is 22.3 Å². The molecule has 4 aromatic rings. The van der Waals surface area contributed by atoms with Crippen LogP contribution in [0.3, 0.4) is 0 Å². The molecule has 11 heteroatoms. The first kappa shape index (κ1) is 26.1. The van der Waals surface area contributed by atoms with E-state index in [1.807, 2.05) is 43.3 Å². The molecule has 0 saturated carbocycles. The number of aromatic nitrogens is 5. The molecule has 1 saturated heterocycles. The summed E-state index contributed by atoms with van der Waals surface area (Å²) < 4.78 is 0. The quantitative estimate of drug-likeness (QED) is 0.333. The molecule has 0 unspecified atom stereocenters. The maximum atomic E-state index is 12.3. The van der Waals surface area contributed by atoms with Gasteiger partial charge in [-0.25, -0.2) is 15.0 Å². The molecule has 0 bridgehead atoms. The average Bonchev–Trinajstić information content (AvgIpc) is 2.93. The summed E-state index contributed by atoms with van der Waals surface area (Å²) in [6, 6.07) is 9.39. The second-order valence-electron chi connectivity index (χ2n) is 9.70. The molecule has 5 rings (SSSR count). The van der Waals surface area contributed by atoms with Crippen LogP contribution < -0.4 is 15.5 Å². The first-order valence-corrected chi connectivity index (χ1v) is 12.8. The summed E-state index contributed by atoms with van der Waals surface area (Å²) in [5, 5.41) is 6.96. The monoisotopic (exact) mass is 524 g/mol. The standard InChI is InChI=1S/C28H32N10O/c1-36(2)12-4-5-25(39)33-21-9-11-29-23(17-21)27-26-20(8-10-30-27)18-32-28(35-26)34-22-6-7-24(31-19-22)38-15-13-37(3)14-16-38/h4-11,17-19H,12-16H2,1-3H3,(H,29,33,39)(H,32,34,35)/b5-4+. The maximum absolute atomic E-state index is 12.3. The molecule has 0 aliphatic carbocycles. The SMILES string of the molecule is CN(C)C/C=C/C(=O)Nc1ccnc(-c2nccc3cnc(Nc4ccc(N5CCN(C)CC5)nc4)nc23)c1. The van der Waals surface area contributed by atoms with Gasteiger partial charge in [0.1, 0.15) is 17.0 Å². The molecule has 39 heavy (non-hydrogen) atoms. The minimum Gasteiger partial charge on any atom is -0.354 e. The molecule has 2 N–H and O–H groups in total. The summed E-state index contributed by atoms with van der Waals surface area (Å²) in [6.45, 7) is 4.67. The van der Waals surface area contributed by atoms with Gasteiger partial charge in [0.05, 0.1) is 17.6 Å². The zero-order valence-electron chi connectivity index (χ0n) is 22.4. The predicted molar refractivity (Wildman–Crippen MR) is 154 cm³/mol. The fourth-order valence-corrected chi connectivity index (χ4v) is 4.21. The van der Waals surface area contributed by atoms with E-state index in [0.717, 1.165) is 43.1 Å². The highest BCUT2D eigenvalue weighted by atomic mass is 16.1. The van der Waals surface area contributed by atoms with Crippen LogP contribution >= 0.6 is 0 Å². The molecule has 5 heterocycles. The molecule has 0 aromatic carbocycles. The Hall–Kier alpha value is -4.48. The van der Waals surface area contributed by atoms with Gasteiger partial charge in [0.2, 0.25) is 11.9 Å². The number of carbonyl (C=O) groups excluding carboxylic acids is 1. The number of carbonyl (C=O) groups is 1. The van der Waals surface area contributed by atoms with Gasteiger partial charge < -0.3 is 25.3 Å². The van der Waals surface area contributed by atoms with Gasteiger partial charge in [0, 0.05) is 68.5 Å². The van der Waals surface area contributed by atoms with Crippen molar-refractivity contribution >= 4 is 40.0 Å². The molecule has 1 amide bonds. The van der Waals surface area contributed by atoms with E-state index in [0.29, 0.717) is 35.1 Å². The first-order chi connectivity index (χ1) is 18.9. The van der Waals surface area contributed by atoms with E-state index in [1.165, 1.54) is 6.08 Å². The lowest BCUT2D eigenvalue weighted by Crippen LogP contribution is -2.44. The van der Waals surface area contributed by atoms with Gasteiger partial charge in [-0.15, -0.1) is 0 Å². The van der Waals surface area contributed by atoms with E-state index >= 15 is 0 Å². The highest BCUT2D eigenvalue weighted by Gasteiger charge is 2.15. The smallest absolute Gasteiger partial charge is 0.248 e. The van der Waals surface area contributed by atoms with Crippen LogP contribution in [0, 0.1) is 0 Å². The summed E-state index contributed by atoms with van der Waals surface area (Å²) in [4.78, 5) is 41.8. The van der Waals surface area contributed by atoms with E-state index in [9.17, 15) is 4.79 Å². The van der Waals surface area contributed by atoms with Gasteiger partial charge in [0.25, 0.3) is 0 Å². The van der Waals surface area contributed by atoms with Crippen molar-refractivity contribution in [3.8, 4) is 11.4 Å². The number of anilines is 4. The van der Waals surface area contributed by atoms with Gasteiger partial charge in [-0.3, -0.25) is 14.8 Å². The van der Waals surface area contributed by atoms with Crippen molar-refractivity contribution < 1.29 is 4.79 Å². The normalized spacial score (nSPS) is 14.3. The van der Waals surface area contributed by atoms with Crippen molar-refractivity contribution in [1.82, 2.24) is 34.7 Å². The van der Waals surface area contributed by atoms with Crippen LogP contribution in [0.5, 0.6) is 0 Å². The number of hydrogen-bond acceptors (Lipinski definition) is 10. The number of amides is 1. The molecular formula is C28H32N10O. The lowest BCUT2D eigenvalue weighted by molar-refractivity contribution is -0.111. The number of nitrogens with one attached hydrogen (secondary N) is 2. The van der Waals surface area contributed by atoms with Gasteiger partial charge in [-0.1, -0.05) is 6.08 Å². The van der Waals surface area contributed by atoms with Crippen LogP contribution in [0.1, 0.15) is 0 Å². The Morgan fingerprint density at radius 1 is 0.974 bits per heavy atom. The number of pyridine rings is 3. The summed E-state index contributed by atoms with van der Waals surface area (Å²) >= 11 is 0. The zero-order chi connectivity index (χ0) is 27.2. The fourth-order valence-electron chi connectivity index (χ4n) is 4.21. The van der Waals surface area contributed by atoms with Crippen molar-refractivity contribution in [2.75, 3.05) is 69.4 Å². The third-order valence-corrected chi connectivity index (χ3v) is 6.34.